The first-order chi connectivity index (χ1) is 7.11. The molecular formula is C10H10IN3S. The summed E-state index contributed by atoms with van der Waals surface area (Å²) in [5, 5.41) is 7.02. The maximum atomic E-state index is 5.09. The van der Waals surface area contributed by atoms with Crippen LogP contribution in [0.5, 0.6) is 0 Å². The summed E-state index contributed by atoms with van der Waals surface area (Å²) >= 11 is 7.43. The first kappa shape index (κ1) is 10.8. The zero-order valence-electron chi connectivity index (χ0n) is 8.41. The van der Waals surface area contributed by atoms with Gasteiger partial charge >= 0.3 is 0 Å². The van der Waals surface area contributed by atoms with Crippen molar-refractivity contribution in [2.24, 2.45) is 7.05 Å². The third-order valence-electron chi connectivity index (χ3n) is 2.31. The van der Waals surface area contributed by atoms with E-state index in [9.17, 15) is 0 Å². The highest BCUT2D eigenvalue weighted by Gasteiger charge is 2.10. The summed E-state index contributed by atoms with van der Waals surface area (Å²) in [5.74, 6) is 0.883. The van der Waals surface area contributed by atoms with Crippen molar-refractivity contribution in [2.45, 2.75) is 6.92 Å². The van der Waals surface area contributed by atoms with Crippen LogP contribution in [0.2, 0.25) is 0 Å². The minimum Gasteiger partial charge on any atom is -0.303 e. The normalized spacial score (nSPS) is 10.6. The molecule has 1 aromatic heterocycles. The van der Waals surface area contributed by atoms with Crippen molar-refractivity contribution in [1.82, 2.24) is 14.8 Å². The highest BCUT2D eigenvalue weighted by atomic mass is 127. The minimum absolute atomic E-state index is 0.641. The SMILES string of the molecule is Cc1cccc(-c2n[nH]c(=S)n2C)c1I. The van der Waals surface area contributed by atoms with Crippen molar-refractivity contribution in [3.63, 3.8) is 0 Å². The average molecular weight is 331 g/mol. The van der Waals surface area contributed by atoms with Gasteiger partial charge in [0.2, 0.25) is 0 Å². The van der Waals surface area contributed by atoms with Crippen LogP contribution in [0.3, 0.4) is 0 Å². The highest BCUT2D eigenvalue weighted by Crippen LogP contribution is 2.25. The second-order valence-electron chi connectivity index (χ2n) is 3.35. The lowest BCUT2D eigenvalue weighted by atomic mass is 10.1. The van der Waals surface area contributed by atoms with Crippen LogP contribution in [-0.4, -0.2) is 14.8 Å². The van der Waals surface area contributed by atoms with Crippen LogP contribution in [0.25, 0.3) is 11.4 Å². The van der Waals surface area contributed by atoms with E-state index in [4.69, 9.17) is 12.2 Å². The Labute approximate surface area is 107 Å². The summed E-state index contributed by atoms with van der Waals surface area (Å²) in [7, 11) is 1.92. The van der Waals surface area contributed by atoms with Crippen molar-refractivity contribution in [3.8, 4) is 11.4 Å². The number of nitrogens with one attached hydrogen (secondary N) is 1. The Balaban J connectivity index is 2.69. The molecular weight excluding hydrogens is 321 g/mol. The smallest absolute Gasteiger partial charge is 0.195 e. The fourth-order valence-corrected chi connectivity index (χ4v) is 2.14. The van der Waals surface area contributed by atoms with E-state index in [1.54, 1.807) is 0 Å². The number of hydrogen-bond donors (Lipinski definition) is 1. The molecule has 0 spiro atoms. The van der Waals surface area contributed by atoms with E-state index in [-0.39, 0.29) is 0 Å². The van der Waals surface area contributed by atoms with Crippen LogP contribution < -0.4 is 0 Å². The lowest BCUT2D eigenvalue weighted by molar-refractivity contribution is 0.901. The Kier molecular flexibility index (Phi) is 2.92. The maximum Gasteiger partial charge on any atom is 0.195 e. The van der Waals surface area contributed by atoms with Gasteiger partial charge in [0.15, 0.2) is 10.6 Å². The third kappa shape index (κ3) is 1.85. The number of aryl methyl sites for hydroxylation is 1. The molecule has 0 amide bonds. The van der Waals surface area contributed by atoms with Crippen LogP contribution in [0.4, 0.5) is 0 Å². The molecule has 15 heavy (non-hydrogen) atoms. The summed E-state index contributed by atoms with van der Waals surface area (Å²) in [4.78, 5) is 0. The Hall–Kier alpha value is -0.690. The molecule has 0 atom stereocenters. The second-order valence-corrected chi connectivity index (χ2v) is 4.81. The molecule has 1 N–H and O–H groups in total. The molecule has 1 heterocycles. The summed E-state index contributed by atoms with van der Waals surface area (Å²) in [6, 6.07) is 6.18. The average Bonchev–Trinajstić information content (AvgIpc) is 2.53. The van der Waals surface area contributed by atoms with Crippen molar-refractivity contribution in [2.75, 3.05) is 0 Å². The van der Waals surface area contributed by atoms with Gasteiger partial charge in [-0.1, -0.05) is 18.2 Å². The van der Waals surface area contributed by atoms with E-state index in [2.05, 4.69) is 51.8 Å². The molecule has 78 valence electrons. The van der Waals surface area contributed by atoms with E-state index in [0.29, 0.717) is 4.77 Å². The first-order valence-corrected chi connectivity index (χ1v) is 5.97. The number of benzene rings is 1. The lowest BCUT2D eigenvalue weighted by Crippen LogP contribution is -1.95. The largest absolute Gasteiger partial charge is 0.303 e. The molecule has 0 saturated carbocycles. The molecule has 0 unspecified atom stereocenters. The number of rotatable bonds is 1. The lowest BCUT2D eigenvalue weighted by Gasteiger charge is -2.05. The van der Waals surface area contributed by atoms with Gasteiger partial charge in [-0.2, -0.15) is 5.10 Å². The summed E-state index contributed by atoms with van der Waals surface area (Å²) in [6.45, 7) is 2.09. The molecule has 0 saturated heterocycles. The van der Waals surface area contributed by atoms with Crippen molar-refractivity contribution >= 4 is 34.8 Å². The van der Waals surface area contributed by atoms with E-state index in [0.717, 1.165) is 11.4 Å². The van der Waals surface area contributed by atoms with Crippen molar-refractivity contribution in [3.05, 3.63) is 32.1 Å². The van der Waals surface area contributed by atoms with Gasteiger partial charge < -0.3 is 4.57 Å². The molecule has 0 aliphatic heterocycles. The predicted molar refractivity (Wildman–Crippen MR) is 71.3 cm³/mol. The Morgan fingerprint density at radius 1 is 1.47 bits per heavy atom. The van der Waals surface area contributed by atoms with Crippen molar-refractivity contribution in [1.29, 1.82) is 0 Å². The molecule has 2 rings (SSSR count). The molecule has 1 aromatic carbocycles. The van der Waals surface area contributed by atoms with Crippen LogP contribution in [-0.2, 0) is 7.05 Å². The fraction of sp³-hybridized carbons (Fsp3) is 0.200. The first-order valence-electron chi connectivity index (χ1n) is 4.48. The summed E-state index contributed by atoms with van der Waals surface area (Å²) < 4.78 is 3.74. The fourth-order valence-electron chi connectivity index (χ4n) is 1.41. The van der Waals surface area contributed by atoms with Crippen LogP contribution in [0, 0.1) is 15.3 Å². The minimum atomic E-state index is 0.641. The molecule has 5 heteroatoms. The van der Waals surface area contributed by atoms with Crippen molar-refractivity contribution < 1.29 is 0 Å². The molecule has 0 fully saturated rings. The number of nitrogens with zero attached hydrogens (tertiary/aromatic N) is 2. The van der Waals surface area contributed by atoms with Gasteiger partial charge in [0.1, 0.15) is 0 Å². The highest BCUT2D eigenvalue weighted by molar-refractivity contribution is 14.1. The van der Waals surface area contributed by atoms with Gasteiger partial charge in [0.25, 0.3) is 0 Å². The number of aromatic nitrogens is 3. The van der Waals surface area contributed by atoms with Gasteiger partial charge in [-0.15, -0.1) is 0 Å². The second kappa shape index (κ2) is 4.05. The van der Waals surface area contributed by atoms with E-state index >= 15 is 0 Å². The van der Waals surface area contributed by atoms with Crippen LogP contribution >= 0.6 is 34.8 Å². The Bertz CT molecular complexity index is 556. The number of aromatic amines is 1. The maximum absolute atomic E-state index is 5.09. The predicted octanol–water partition coefficient (Wildman–Crippen LogP) is 3.06. The molecule has 0 aliphatic rings. The third-order valence-corrected chi connectivity index (χ3v) is 4.11. The Morgan fingerprint density at radius 3 is 2.80 bits per heavy atom. The summed E-state index contributed by atoms with van der Waals surface area (Å²) in [5.41, 5.74) is 2.37. The number of halogens is 1. The summed E-state index contributed by atoms with van der Waals surface area (Å²) in [6.07, 6.45) is 0. The molecule has 0 radical (unpaired) electrons. The topological polar surface area (TPSA) is 33.6 Å². The van der Waals surface area contributed by atoms with Gasteiger partial charge in [0.05, 0.1) is 0 Å². The van der Waals surface area contributed by atoms with Crippen LogP contribution in [0.1, 0.15) is 5.56 Å². The monoisotopic (exact) mass is 331 g/mol. The van der Waals surface area contributed by atoms with E-state index < -0.39 is 0 Å². The number of hydrogen-bond acceptors (Lipinski definition) is 2. The number of H-pyrrole nitrogens is 1. The zero-order valence-corrected chi connectivity index (χ0v) is 11.4. The quantitative estimate of drug-likeness (QED) is 0.644. The molecule has 2 aromatic rings. The van der Waals surface area contributed by atoms with Gasteiger partial charge in [-0.3, -0.25) is 5.10 Å². The van der Waals surface area contributed by atoms with Crippen LogP contribution in [0.15, 0.2) is 18.2 Å². The molecule has 0 aliphatic carbocycles. The Morgan fingerprint density at radius 2 is 2.20 bits per heavy atom. The molecule has 3 nitrogen and oxygen atoms in total. The zero-order chi connectivity index (χ0) is 11.0. The van der Waals surface area contributed by atoms with E-state index in [1.807, 2.05) is 17.7 Å². The van der Waals surface area contributed by atoms with E-state index in [1.165, 1.54) is 9.13 Å². The van der Waals surface area contributed by atoms with Gasteiger partial charge in [-0.05, 0) is 47.3 Å². The molecule has 0 bridgehead atoms. The van der Waals surface area contributed by atoms with Gasteiger partial charge in [0, 0.05) is 16.2 Å². The van der Waals surface area contributed by atoms with Gasteiger partial charge in [-0.25, -0.2) is 0 Å². The standard InChI is InChI=1S/C10H10IN3S/c1-6-4-3-5-7(8(6)11)9-12-13-10(15)14(9)2/h3-5H,1-2H3,(H,13,15).